The topological polar surface area (TPSA) is 38.5 Å². The summed E-state index contributed by atoms with van der Waals surface area (Å²) < 4.78 is 23.4. The van der Waals surface area contributed by atoms with Crippen molar-refractivity contribution in [2.75, 3.05) is 32.3 Å². The van der Waals surface area contributed by atoms with Gasteiger partial charge in [-0.15, -0.1) is 0 Å². The Hall–Kier alpha value is -2.56. The summed E-state index contributed by atoms with van der Waals surface area (Å²) >= 11 is 0. The van der Waals surface area contributed by atoms with Gasteiger partial charge in [0.15, 0.2) is 5.58 Å². The van der Waals surface area contributed by atoms with E-state index in [0.717, 1.165) is 16.8 Å². The number of fused-ring (bicyclic) bond motifs is 1. The zero-order chi connectivity index (χ0) is 16.2. The molecule has 3 aromatic rings. The monoisotopic (exact) mass is 314 g/mol. The summed E-state index contributed by atoms with van der Waals surface area (Å²) in [5.74, 6) is 1.25. The molecule has 5 heteroatoms. The van der Waals surface area contributed by atoms with Crippen LogP contribution in [0.25, 0.3) is 22.6 Å². The van der Waals surface area contributed by atoms with Crippen LogP contribution >= 0.6 is 0 Å². The highest BCUT2D eigenvalue weighted by atomic mass is 19.1. The maximum Gasteiger partial charge on any atom is 0.227 e. The van der Waals surface area contributed by atoms with Crippen LogP contribution in [0, 0.1) is 0 Å². The van der Waals surface area contributed by atoms with Crippen LogP contribution in [-0.2, 0) is 0 Å². The van der Waals surface area contributed by atoms with Crippen LogP contribution in [0.4, 0.5) is 10.1 Å². The van der Waals surface area contributed by atoms with Crippen LogP contribution in [0.5, 0.6) is 5.75 Å². The SMILES string of the molecule is CN(C)c1ccc(-c2nc3cc(OCCCF)ccc3o2)cc1. The maximum absolute atomic E-state index is 12.1. The van der Waals surface area contributed by atoms with Gasteiger partial charge in [0.05, 0.1) is 13.3 Å². The highest BCUT2D eigenvalue weighted by molar-refractivity contribution is 5.78. The second kappa shape index (κ2) is 6.69. The molecule has 2 aromatic carbocycles. The van der Waals surface area contributed by atoms with Crippen LogP contribution in [0.1, 0.15) is 6.42 Å². The molecule has 0 amide bonds. The minimum atomic E-state index is -0.376. The standard InChI is InChI=1S/C18H19FN2O2/c1-21(2)14-6-4-13(5-7-14)18-20-16-12-15(22-11-3-10-19)8-9-17(16)23-18/h4-9,12H,3,10-11H2,1-2H3. The number of benzene rings is 2. The van der Waals surface area contributed by atoms with Crippen LogP contribution < -0.4 is 9.64 Å². The molecule has 0 N–H and O–H groups in total. The summed E-state index contributed by atoms with van der Waals surface area (Å²) in [6.45, 7) is -0.0159. The number of halogens is 1. The van der Waals surface area contributed by atoms with Crippen LogP contribution in [0.15, 0.2) is 46.9 Å². The Morgan fingerprint density at radius 1 is 1.13 bits per heavy atom. The Balaban J connectivity index is 1.84. The number of ether oxygens (including phenoxy) is 1. The third kappa shape index (κ3) is 3.44. The van der Waals surface area contributed by atoms with Gasteiger partial charge in [-0.1, -0.05) is 0 Å². The zero-order valence-electron chi connectivity index (χ0n) is 13.3. The van der Waals surface area contributed by atoms with E-state index in [0.29, 0.717) is 30.3 Å². The van der Waals surface area contributed by atoms with Gasteiger partial charge in [0.25, 0.3) is 0 Å². The Morgan fingerprint density at radius 2 is 1.91 bits per heavy atom. The fourth-order valence-electron chi connectivity index (χ4n) is 2.27. The summed E-state index contributed by atoms with van der Waals surface area (Å²) in [7, 11) is 4.00. The molecular formula is C18H19FN2O2. The molecule has 4 nitrogen and oxygen atoms in total. The second-order valence-corrected chi connectivity index (χ2v) is 5.48. The molecule has 0 atom stereocenters. The van der Waals surface area contributed by atoms with Crippen LogP contribution in [-0.4, -0.2) is 32.4 Å². The first-order valence-corrected chi connectivity index (χ1v) is 7.54. The average Bonchev–Trinajstić information content (AvgIpc) is 2.98. The van der Waals surface area contributed by atoms with Gasteiger partial charge in [-0.3, -0.25) is 4.39 Å². The number of nitrogens with zero attached hydrogens (tertiary/aromatic N) is 2. The number of hydrogen-bond acceptors (Lipinski definition) is 4. The minimum absolute atomic E-state index is 0.360. The summed E-state index contributed by atoms with van der Waals surface area (Å²) in [4.78, 5) is 6.55. The first kappa shape index (κ1) is 15.3. The molecule has 120 valence electrons. The summed E-state index contributed by atoms with van der Waals surface area (Å²) in [5.41, 5.74) is 3.48. The molecule has 0 radical (unpaired) electrons. The minimum Gasteiger partial charge on any atom is -0.493 e. The van der Waals surface area contributed by atoms with Gasteiger partial charge >= 0.3 is 0 Å². The fourth-order valence-corrected chi connectivity index (χ4v) is 2.27. The van der Waals surface area contributed by atoms with Gasteiger partial charge in [-0.05, 0) is 36.4 Å². The first-order valence-electron chi connectivity index (χ1n) is 7.54. The van der Waals surface area contributed by atoms with Crippen molar-refractivity contribution in [1.82, 2.24) is 4.98 Å². The summed E-state index contributed by atoms with van der Waals surface area (Å²) in [6.07, 6.45) is 0.389. The predicted octanol–water partition coefficient (Wildman–Crippen LogP) is 4.30. The predicted molar refractivity (Wildman–Crippen MR) is 89.9 cm³/mol. The number of aromatic nitrogens is 1. The van der Waals surface area contributed by atoms with Crippen molar-refractivity contribution < 1.29 is 13.5 Å². The quantitative estimate of drug-likeness (QED) is 0.636. The Labute approximate surface area is 134 Å². The molecule has 0 spiro atoms. The number of rotatable bonds is 6. The number of oxazole rings is 1. The zero-order valence-corrected chi connectivity index (χ0v) is 13.3. The van der Waals surface area contributed by atoms with E-state index in [-0.39, 0.29) is 6.67 Å². The lowest BCUT2D eigenvalue weighted by Gasteiger charge is -2.11. The Kier molecular flexibility index (Phi) is 4.46. The van der Waals surface area contributed by atoms with Crippen molar-refractivity contribution in [2.45, 2.75) is 6.42 Å². The fraction of sp³-hybridized carbons (Fsp3) is 0.278. The van der Waals surface area contributed by atoms with Crippen molar-refractivity contribution in [1.29, 1.82) is 0 Å². The van der Waals surface area contributed by atoms with Gasteiger partial charge < -0.3 is 14.1 Å². The molecule has 0 fully saturated rings. The molecule has 3 rings (SSSR count). The number of anilines is 1. The molecule has 0 saturated carbocycles. The van der Waals surface area contributed by atoms with Crippen molar-refractivity contribution in [3.05, 3.63) is 42.5 Å². The molecule has 1 aromatic heterocycles. The highest BCUT2D eigenvalue weighted by Crippen LogP contribution is 2.28. The molecule has 0 saturated heterocycles. The Morgan fingerprint density at radius 3 is 2.61 bits per heavy atom. The molecule has 0 aliphatic rings. The van der Waals surface area contributed by atoms with Gasteiger partial charge in [-0.25, -0.2) is 4.98 Å². The van der Waals surface area contributed by atoms with E-state index < -0.39 is 0 Å². The van der Waals surface area contributed by atoms with E-state index in [9.17, 15) is 4.39 Å². The van der Waals surface area contributed by atoms with E-state index in [2.05, 4.69) is 4.98 Å². The van der Waals surface area contributed by atoms with Crippen molar-refractivity contribution >= 4 is 16.8 Å². The Bertz CT molecular complexity index is 781. The largest absolute Gasteiger partial charge is 0.493 e. The van der Waals surface area contributed by atoms with E-state index in [4.69, 9.17) is 9.15 Å². The molecule has 0 aliphatic heterocycles. The van der Waals surface area contributed by atoms with Gasteiger partial charge in [-0.2, -0.15) is 0 Å². The second-order valence-electron chi connectivity index (χ2n) is 5.48. The third-order valence-corrected chi connectivity index (χ3v) is 3.54. The molecule has 23 heavy (non-hydrogen) atoms. The molecular weight excluding hydrogens is 295 g/mol. The van der Waals surface area contributed by atoms with Gasteiger partial charge in [0, 0.05) is 37.8 Å². The van der Waals surface area contributed by atoms with Crippen LogP contribution in [0.2, 0.25) is 0 Å². The van der Waals surface area contributed by atoms with Crippen molar-refractivity contribution in [3.8, 4) is 17.2 Å². The van der Waals surface area contributed by atoms with Gasteiger partial charge in [0.2, 0.25) is 5.89 Å². The lowest BCUT2D eigenvalue weighted by atomic mass is 10.2. The van der Waals surface area contributed by atoms with Gasteiger partial charge in [0.1, 0.15) is 11.3 Å². The smallest absolute Gasteiger partial charge is 0.227 e. The van der Waals surface area contributed by atoms with E-state index in [1.165, 1.54) is 0 Å². The third-order valence-electron chi connectivity index (χ3n) is 3.54. The number of hydrogen-bond donors (Lipinski definition) is 0. The van der Waals surface area contributed by atoms with Crippen molar-refractivity contribution in [3.63, 3.8) is 0 Å². The van der Waals surface area contributed by atoms with Crippen LogP contribution in [0.3, 0.4) is 0 Å². The normalized spacial score (nSPS) is 10.9. The first-order chi connectivity index (χ1) is 11.2. The summed E-state index contributed by atoms with van der Waals surface area (Å²) in [6, 6.07) is 13.5. The lowest BCUT2D eigenvalue weighted by molar-refractivity contribution is 0.290. The molecule has 0 aliphatic carbocycles. The number of alkyl halides is 1. The molecule has 0 unspecified atom stereocenters. The maximum atomic E-state index is 12.1. The average molecular weight is 314 g/mol. The molecule has 0 bridgehead atoms. The van der Waals surface area contributed by atoms with E-state index >= 15 is 0 Å². The van der Waals surface area contributed by atoms with Crippen molar-refractivity contribution in [2.24, 2.45) is 0 Å². The molecule has 1 heterocycles. The highest BCUT2D eigenvalue weighted by Gasteiger charge is 2.09. The van der Waals surface area contributed by atoms with E-state index in [1.54, 1.807) is 0 Å². The lowest BCUT2D eigenvalue weighted by Crippen LogP contribution is -2.07. The summed E-state index contributed by atoms with van der Waals surface area (Å²) in [5, 5.41) is 0. The van der Waals surface area contributed by atoms with E-state index in [1.807, 2.05) is 61.5 Å².